The van der Waals surface area contributed by atoms with Crippen LogP contribution in [0.3, 0.4) is 0 Å². The van der Waals surface area contributed by atoms with E-state index < -0.39 is 11.7 Å². The molecule has 1 aromatic heterocycles. The zero-order valence-electron chi connectivity index (χ0n) is 13.6. The van der Waals surface area contributed by atoms with Crippen LogP contribution in [0.5, 0.6) is 0 Å². The van der Waals surface area contributed by atoms with Gasteiger partial charge in [0, 0.05) is 5.56 Å². The van der Waals surface area contributed by atoms with Crippen molar-refractivity contribution in [3.8, 4) is 17.1 Å². The lowest BCUT2D eigenvalue weighted by molar-refractivity contribution is -0.137. The Bertz CT molecular complexity index is 796. The summed E-state index contributed by atoms with van der Waals surface area (Å²) in [7, 11) is 0. The molecule has 0 atom stereocenters. The van der Waals surface area contributed by atoms with E-state index in [1.54, 1.807) is 24.3 Å². The summed E-state index contributed by atoms with van der Waals surface area (Å²) in [4.78, 5) is 4.14. The van der Waals surface area contributed by atoms with E-state index in [2.05, 4.69) is 10.1 Å². The van der Waals surface area contributed by atoms with Gasteiger partial charge in [-0.1, -0.05) is 13.8 Å². The molecule has 0 saturated heterocycles. The highest BCUT2D eigenvalue weighted by atomic mass is 19.4. The fraction of sp³-hybridized carbons (Fsp3) is 0.176. The number of nitrogens with zero attached hydrogens (tertiary/aromatic N) is 3. The molecule has 0 amide bonds. The van der Waals surface area contributed by atoms with Crippen molar-refractivity contribution in [1.29, 1.82) is 0 Å². The lowest BCUT2D eigenvalue weighted by Crippen LogP contribution is -2.05. The molecule has 2 aromatic carbocycles. The number of nitrogens with one attached hydrogen (secondary N) is 1. The van der Waals surface area contributed by atoms with Crippen LogP contribution in [0.25, 0.3) is 17.1 Å². The molecule has 0 radical (unpaired) electrons. The van der Waals surface area contributed by atoms with Crippen molar-refractivity contribution in [2.24, 2.45) is 0 Å². The lowest BCUT2D eigenvalue weighted by atomic mass is 10.2. The molecule has 3 aromatic rings. The molecule has 0 saturated carbocycles. The lowest BCUT2D eigenvalue weighted by Gasteiger charge is -2.07. The Morgan fingerprint density at radius 3 is 2.08 bits per heavy atom. The van der Waals surface area contributed by atoms with Gasteiger partial charge in [0.1, 0.15) is 6.33 Å². The molecule has 2 N–H and O–H groups in total. The summed E-state index contributed by atoms with van der Waals surface area (Å²) in [5.74, 6) is 0.425. The van der Waals surface area contributed by atoms with Crippen LogP contribution in [-0.2, 0) is 6.18 Å². The molecule has 0 aliphatic heterocycles. The zero-order valence-corrected chi connectivity index (χ0v) is 13.6. The van der Waals surface area contributed by atoms with Crippen molar-refractivity contribution in [2.45, 2.75) is 20.0 Å². The third-order valence-corrected chi connectivity index (χ3v) is 3.22. The van der Waals surface area contributed by atoms with Crippen molar-refractivity contribution >= 4 is 5.69 Å². The van der Waals surface area contributed by atoms with Crippen LogP contribution in [0, 0.1) is 0 Å². The van der Waals surface area contributed by atoms with Crippen molar-refractivity contribution < 1.29 is 18.4 Å². The molecule has 132 valence electrons. The summed E-state index contributed by atoms with van der Waals surface area (Å²) in [6, 6.07) is 11.4. The summed E-state index contributed by atoms with van der Waals surface area (Å²) >= 11 is 0. The minimum absolute atomic E-state index is 0.425. The minimum atomic E-state index is -4.37. The van der Waals surface area contributed by atoms with Gasteiger partial charge in [0.05, 0.1) is 16.9 Å². The number of alkyl halides is 3. The van der Waals surface area contributed by atoms with E-state index in [-0.39, 0.29) is 0 Å². The Morgan fingerprint density at radius 2 is 1.56 bits per heavy atom. The highest BCUT2D eigenvalue weighted by molar-refractivity contribution is 5.59. The fourth-order valence-electron chi connectivity index (χ4n) is 2.02. The first-order valence-corrected chi connectivity index (χ1v) is 7.57. The normalized spacial score (nSPS) is 10.8. The number of hydrogen-bond donors (Lipinski definition) is 2. The second-order valence-electron chi connectivity index (χ2n) is 4.75. The van der Waals surface area contributed by atoms with Crippen LogP contribution in [0.2, 0.25) is 0 Å². The second-order valence-corrected chi connectivity index (χ2v) is 4.75. The summed E-state index contributed by atoms with van der Waals surface area (Å²) in [6.07, 6.45) is -2.94. The third-order valence-electron chi connectivity index (χ3n) is 3.22. The minimum Gasteiger partial charge on any atom is -0.291 e. The highest BCUT2D eigenvalue weighted by Crippen LogP contribution is 2.29. The monoisotopic (exact) mass is 350 g/mol. The molecule has 0 unspecified atom stereocenters. The van der Waals surface area contributed by atoms with Gasteiger partial charge >= 0.3 is 6.18 Å². The van der Waals surface area contributed by atoms with Gasteiger partial charge in [-0.05, 0) is 48.5 Å². The van der Waals surface area contributed by atoms with Crippen LogP contribution in [0.4, 0.5) is 18.9 Å². The highest BCUT2D eigenvalue weighted by Gasteiger charge is 2.30. The van der Waals surface area contributed by atoms with Crippen molar-refractivity contribution in [3.05, 3.63) is 60.4 Å². The molecule has 0 fully saturated rings. The number of benzene rings is 2. The van der Waals surface area contributed by atoms with Gasteiger partial charge in [0.2, 0.25) is 0 Å². The molecule has 8 heteroatoms. The van der Waals surface area contributed by atoms with E-state index >= 15 is 0 Å². The van der Waals surface area contributed by atoms with Gasteiger partial charge in [-0.25, -0.2) is 9.67 Å². The SMILES string of the molecule is CC.ONc1ccc(-c2ncn(-c3ccc(C(F)(F)F)cc3)n2)cc1. The fourth-order valence-corrected chi connectivity index (χ4v) is 2.02. The molecule has 5 nitrogen and oxygen atoms in total. The first-order valence-electron chi connectivity index (χ1n) is 7.57. The summed E-state index contributed by atoms with van der Waals surface area (Å²) in [5.41, 5.74) is 3.02. The van der Waals surface area contributed by atoms with Gasteiger partial charge in [-0.2, -0.15) is 13.2 Å². The maximum Gasteiger partial charge on any atom is 0.416 e. The molecule has 1 heterocycles. The van der Waals surface area contributed by atoms with Crippen LogP contribution in [0.15, 0.2) is 54.9 Å². The van der Waals surface area contributed by atoms with Gasteiger partial charge < -0.3 is 0 Å². The Hall–Kier alpha value is -2.87. The number of hydrogen-bond acceptors (Lipinski definition) is 4. The standard InChI is InChI=1S/C15H11F3N4O.C2H6/c16-15(17,18)11-3-7-13(8-4-11)22-9-19-14(20-22)10-1-5-12(21-23)6-2-10;1-2/h1-9,21,23H;1-2H3. The first kappa shape index (κ1) is 18.5. The van der Waals surface area contributed by atoms with E-state index in [4.69, 9.17) is 5.21 Å². The number of anilines is 1. The van der Waals surface area contributed by atoms with Gasteiger partial charge in [0.15, 0.2) is 5.82 Å². The zero-order chi connectivity index (χ0) is 18.4. The van der Waals surface area contributed by atoms with E-state index in [0.717, 1.165) is 17.7 Å². The average molecular weight is 350 g/mol. The predicted molar refractivity (Wildman–Crippen MR) is 88.6 cm³/mol. The average Bonchev–Trinajstić information content (AvgIpc) is 3.13. The van der Waals surface area contributed by atoms with E-state index in [9.17, 15) is 13.2 Å². The van der Waals surface area contributed by atoms with Crippen LogP contribution in [-0.4, -0.2) is 20.0 Å². The number of halogens is 3. The number of rotatable bonds is 3. The molecule has 0 bridgehead atoms. The first-order chi connectivity index (χ1) is 12.0. The Kier molecular flexibility index (Phi) is 5.76. The smallest absolute Gasteiger partial charge is 0.291 e. The van der Waals surface area contributed by atoms with Crippen molar-refractivity contribution in [3.63, 3.8) is 0 Å². The predicted octanol–water partition coefficient (Wildman–Crippen LogP) is 4.78. The molecule has 0 aliphatic rings. The molecular weight excluding hydrogens is 333 g/mol. The maximum atomic E-state index is 12.6. The van der Waals surface area contributed by atoms with E-state index in [1.807, 2.05) is 19.3 Å². The largest absolute Gasteiger partial charge is 0.416 e. The van der Waals surface area contributed by atoms with Crippen molar-refractivity contribution in [1.82, 2.24) is 14.8 Å². The Labute approximate surface area is 142 Å². The topological polar surface area (TPSA) is 63.0 Å². The van der Waals surface area contributed by atoms with Crippen LogP contribution >= 0.6 is 0 Å². The Morgan fingerprint density at radius 1 is 0.960 bits per heavy atom. The molecule has 0 aliphatic carbocycles. The summed E-state index contributed by atoms with van der Waals surface area (Å²) < 4.78 is 39.1. The molecule has 25 heavy (non-hydrogen) atoms. The van der Waals surface area contributed by atoms with Gasteiger partial charge in [-0.3, -0.25) is 10.7 Å². The van der Waals surface area contributed by atoms with Gasteiger partial charge in [0.25, 0.3) is 0 Å². The van der Waals surface area contributed by atoms with E-state index in [0.29, 0.717) is 17.2 Å². The summed E-state index contributed by atoms with van der Waals surface area (Å²) in [5, 5.41) is 13.0. The van der Waals surface area contributed by atoms with Crippen LogP contribution < -0.4 is 5.48 Å². The van der Waals surface area contributed by atoms with Crippen LogP contribution in [0.1, 0.15) is 19.4 Å². The molecule has 0 spiro atoms. The summed E-state index contributed by atoms with van der Waals surface area (Å²) in [6.45, 7) is 4.00. The third kappa shape index (κ3) is 4.36. The molecular formula is C17H17F3N4O. The van der Waals surface area contributed by atoms with E-state index in [1.165, 1.54) is 23.1 Å². The second kappa shape index (κ2) is 7.80. The maximum absolute atomic E-state index is 12.6. The quantitative estimate of drug-likeness (QED) is 0.667. The number of aromatic nitrogens is 3. The Balaban J connectivity index is 0.00000109. The molecule has 3 rings (SSSR count). The van der Waals surface area contributed by atoms with Gasteiger partial charge in [-0.15, -0.1) is 5.10 Å². The van der Waals surface area contributed by atoms with Crippen molar-refractivity contribution in [2.75, 3.05) is 5.48 Å².